The molecule has 2 heterocycles. The van der Waals surface area contributed by atoms with Crippen molar-refractivity contribution in [3.05, 3.63) is 27.2 Å². The normalized spacial score (nSPS) is 12.1. The summed E-state index contributed by atoms with van der Waals surface area (Å²) in [6.07, 6.45) is 3.89. The number of hydrogen-bond donors (Lipinski definition) is 0. The number of rotatable bonds is 11. The van der Waals surface area contributed by atoms with Crippen molar-refractivity contribution in [1.29, 1.82) is 0 Å². The Morgan fingerprint density at radius 2 is 1.74 bits per heavy atom. The molecule has 0 saturated heterocycles. The zero-order valence-electron chi connectivity index (χ0n) is 16.5. The van der Waals surface area contributed by atoms with Crippen molar-refractivity contribution >= 4 is 18.8 Å². The Balaban J connectivity index is 2.06. The molecule has 0 aliphatic heterocycles. The molecule has 0 fully saturated rings. The molecule has 0 bridgehead atoms. The van der Waals surface area contributed by atoms with Gasteiger partial charge in [-0.1, -0.05) is 6.42 Å². The first-order valence-electron chi connectivity index (χ1n) is 9.41. The number of fused-ring (bicyclic) bond motifs is 1. The zero-order valence-corrected chi connectivity index (χ0v) is 17.4. The standard InChI is InChI=1S/C17H29N4O5P/c1-5-20-13-18-15-14(20)16(22)21(17(23)19(15)4)11-9-8-10-12-27(24,25-6-2)26-7-3/h13H,5-12H2,1-4H3. The van der Waals surface area contributed by atoms with Gasteiger partial charge in [-0.3, -0.25) is 18.5 Å². The highest BCUT2D eigenvalue weighted by Crippen LogP contribution is 2.48. The van der Waals surface area contributed by atoms with Gasteiger partial charge in [-0.25, -0.2) is 9.78 Å². The van der Waals surface area contributed by atoms with Crippen molar-refractivity contribution in [2.45, 2.75) is 53.1 Å². The van der Waals surface area contributed by atoms with Crippen LogP contribution in [0, 0.1) is 0 Å². The van der Waals surface area contributed by atoms with Crippen molar-refractivity contribution < 1.29 is 13.6 Å². The molecule has 0 spiro atoms. The molecule has 9 nitrogen and oxygen atoms in total. The maximum absolute atomic E-state index is 12.7. The van der Waals surface area contributed by atoms with Crippen LogP contribution < -0.4 is 11.2 Å². The monoisotopic (exact) mass is 400 g/mol. The van der Waals surface area contributed by atoms with Gasteiger partial charge in [-0.2, -0.15) is 0 Å². The second-order valence-corrected chi connectivity index (χ2v) is 8.42. The Bertz CT molecular complexity index is 920. The molecule has 27 heavy (non-hydrogen) atoms. The summed E-state index contributed by atoms with van der Waals surface area (Å²) in [5, 5.41) is 0. The van der Waals surface area contributed by atoms with Crippen LogP contribution in [0.3, 0.4) is 0 Å². The van der Waals surface area contributed by atoms with Gasteiger partial charge in [0, 0.05) is 20.1 Å². The first kappa shape index (κ1) is 21.6. The van der Waals surface area contributed by atoms with E-state index in [1.165, 1.54) is 9.13 Å². The Hall–Kier alpha value is -1.70. The van der Waals surface area contributed by atoms with Crippen LogP contribution in [-0.2, 0) is 33.7 Å². The van der Waals surface area contributed by atoms with Crippen LogP contribution in [0.4, 0.5) is 0 Å². The van der Waals surface area contributed by atoms with Crippen molar-refractivity contribution in [1.82, 2.24) is 18.7 Å². The largest absolute Gasteiger partial charge is 0.332 e. The van der Waals surface area contributed by atoms with E-state index in [9.17, 15) is 14.2 Å². The third kappa shape index (κ3) is 4.78. The Labute approximate surface area is 158 Å². The van der Waals surface area contributed by atoms with Gasteiger partial charge in [-0.05, 0) is 33.6 Å². The van der Waals surface area contributed by atoms with Crippen LogP contribution in [-0.4, -0.2) is 38.1 Å². The van der Waals surface area contributed by atoms with E-state index in [4.69, 9.17) is 9.05 Å². The molecule has 0 atom stereocenters. The highest BCUT2D eigenvalue weighted by Gasteiger charge is 2.22. The predicted molar refractivity (Wildman–Crippen MR) is 104 cm³/mol. The summed E-state index contributed by atoms with van der Waals surface area (Å²) in [6.45, 7) is 7.08. The SMILES string of the molecule is CCOP(=O)(CCCCCn1c(=O)c2c(ncn2CC)n(C)c1=O)OCC. The van der Waals surface area contributed by atoms with Crippen LogP contribution in [0.5, 0.6) is 0 Å². The van der Waals surface area contributed by atoms with Gasteiger partial charge in [0.25, 0.3) is 5.56 Å². The Morgan fingerprint density at radius 3 is 2.33 bits per heavy atom. The number of aryl methyl sites for hydroxylation is 2. The smallest absolute Gasteiger partial charge is 0.325 e. The fraction of sp³-hybridized carbons (Fsp3) is 0.706. The minimum atomic E-state index is -3.04. The van der Waals surface area contributed by atoms with Crippen molar-refractivity contribution in [2.24, 2.45) is 7.05 Å². The van der Waals surface area contributed by atoms with Gasteiger partial charge in [0.2, 0.25) is 0 Å². The molecule has 152 valence electrons. The summed E-state index contributed by atoms with van der Waals surface area (Å²) < 4.78 is 27.4. The van der Waals surface area contributed by atoms with E-state index in [-0.39, 0.29) is 11.2 Å². The highest BCUT2D eigenvalue weighted by molar-refractivity contribution is 7.53. The van der Waals surface area contributed by atoms with Crippen LogP contribution in [0.25, 0.3) is 11.2 Å². The summed E-state index contributed by atoms with van der Waals surface area (Å²) in [7, 11) is -1.42. The number of hydrogen-bond acceptors (Lipinski definition) is 6. The van der Waals surface area contributed by atoms with Gasteiger partial charge in [0.15, 0.2) is 11.2 Å². The fourth-order valence-electron chi connectivity index (χ4n) is 3.07. The zero-order chi connectivity index (χ0) is 20.0. The average molecular weight is 400 g/mol. The summed E-state index contributed by atoms with van der Waals surface area (Å²) in [4.78, 5) is 29.4. The van der Waals surface area contributed by atoms with Gasteiger partial charge in [-0.15, -0.1) is 0 Å². The molecule has 0 aromatic carbocycles. The first-order chi connectivity index (χ1) is 12.9. The second-order valence-electron chi connectivity index (χ2n) is 6.23. The van der Waals surface area contributed by atoms with Gasteiger partial charge in [0.05, 0.1) is 25.7 Å². The van der Waals surface area contributed by atoms with E-state index in [1.54, 1.807) is 31.8 Å². The van der Waals surface area contributed by atoms with Crippen LogP contribution >= 0.6 is 7.60 Å². The third-order valence-corrected chi connectivity index (χ3v) is 6.57. The minimum absolute atomic E-state index is 0.309. The van der Waals surface area contributed by atoms with Gasteiger partial charge in [0.1, 0.15) is 0 Å². The number of nitrogens with zero attached hydrogens (tertiary/aromatic N) is 4. The van der Waals surface area contributed by atoms with E-state index < -0.39 is 7.60 Å². The van der Waals surface area contributed by atoms with Crippen LogP contribution in [0.1, 0.15) is 40.0 Å². The molecule has 10 heteroatoms. The van der Waals surface area contributed by atoms with E-state index in [2.05, 4.69) is 4.98 Å². The second kappa shape index (κ2) is 9.48. The lowest BCUT2D eigenvalue weighted by molar-refractivity contribution is 0.219. The average Bonchev–Trinajstić information content (AvgIpc) is 3.07. The van der Waals surface area contributed by atoms with E-state index in [0.29, 0.717) is 62.9 Å². The lowest BCUT2D eigenvalue weighted by Gasteiger charge is -2.16. The van der Waals surface area contributed by atoms with Crippen molar-refractivity contribution in [3.8, 4) is 0 Å². The van der Waals surface area contributed by atoms with E-state index >= 15 is 0 Å². The van der Waals surface area contributed by atoms with Crippen LogP contribution in [0.15, 0.2) is 15.9 Å². The fourth-order valence-corrected chi connectivity index (χ4v) is 4.80. The topological polar surface area (TPSA) is 97.4 Å². The first-order valence-corrected chi connectivity index (χ1v) is 11.1. The molecular formula is C17H29N4O5P. The molecule has 2 rings (SSSR count). The van der Waals surface area contributed by atoms with Gasteiger partial charge >= 0.3 is 13.3 Å². The Kier molecular flexibility index (Phi) is 7.59. The van der Waals surface area contributed by atoms with Crippen LogP contribution in [0.2, 0.25) is 0 Å². The van der Waals surface area contributed by atoms with E-state index in [0.717, 1.165) is 0 Å². The molecular weight excluding hydrogens is 371 g/mol. The minimum Gasteiger partial charge on any atom is -0.325 e. The van der Waals surface area contributed by atoms with E-state index in [1.807, 2.05) is 6.92 Å². The summed E-state index contributed by atoms with van der Waals surface area (Å²) >= 11 is 0. The highest BCUT2D eigenvalue weighted by atomic mass is 31.2. The molecule has 0 saturated carbocycles. The summed E-state index contributed by atoms with van der Waals surface area (Å²) in [6, 6.07) is 0. The number of aromatic nitrogens is 4. The van der Waals surface area contributed by atoms with Crippen molar-refractivity contribution in [2.75, 3.05) is 19.4 Å². The third-order valence-electron chi connectivity index (χ3n) is 4.41. The summed E-state index contributed by atoms with van der Waals surface area (Å²) in [5.41, 5.74) is 0.152. The molecule has 0 unspecified atom stereocenters. The summed E-state index contributed by atoms with van der Waals surface area (Å²) in [5.74, 6) is 0. The molecule has 0 aliphatic rings. The molecule has 0 radical (unpaired) electrons. The lowest BCUT2D eigenvalue weighted by atomic mass is 10.2. The molecule has 0 N–H and O–H groups in total. The van der Waals surface area contributed by atoms with Crippen molar-refractivity contribution in [3.63, 3.8) is 0 Å². The number of unbranched alkanes of at least 4 members (excludes halogenated alkanes) is 2. The lowest BCUT2D eigenvalue weighted by Crippen LogP contribution is -2.39. The molecule has 0 aliphatic carbocycles. The Morgan fingerprint density at radius 1 is 1.07 bits per heavy atom. The molecule has 2 aromatic heterocycles. The molecule has 0 amide bonds. The maximum Gasteiger partial charge on any atom is 0.332 e. The van der Waals surface area contributed by atoms with Gasteiger partial charge < -0.3 is 13.6 Å². The predicted octanol–water partition coefficient (Wildman–Crippen LogP) is 2.35. The number of imidazole rings is 1. The molecule has 2 aromatic rings. The quantitative estimate of drug-likeness (QED) is 0.424. The maximum atomic E-state index is 12.7.